The van der Waals surface area contributed by atoms with Crippen molar-refractivity contribution in [2.75, 3.05) is 20.2 Å². The third-order valence-electron chi connectivity index (χ3n) is 4.71. The number of nitrogens with one attached hydrogen (secondary N) is 1. The molecule has 1 saturated heterocycles. The van der Waals surface area contributed by atoms with Gasteiger partial charge in [0.1, 0.15) is 30.5 Å². The van der Waals surface area contributed by atoms with Crippen molar-refractivity contribution in [3.8, 4) is 5.75 Å². The monoisotopic (exact) mass is 355 g/mol. The number of para-hydroxylation sites is 2. The van der Waals surface area contributed by atoms with E-state index in [0.29, 0.717) is 19.6 Å². The fourth-order valence-electron chi connectivity index (χ4n) is 3.34. The van der Waals surface area contributed by atoms with Crippen LogP contribution in [0.15, 0.2) is 48.5 Å². The topological polar surface area (TPSA) is 50.4 Å². The van der Waals surface area contributed by atoms with Crippen LogP contribution in [0.25, 0.3) is 11.0 Å². The largest absolute Gasteiger partial charge is 0.497 e. The molecule has 3 aromatic rings. The molecule has 2 unspecified atom stereocenters. The third kappa shape index (κ3) is 3.71. The second-order valence-corrected chi connectivity index (χ2v) is 6.61. The SMILES string of the molecule is COc1ccc(CN2CC(F)C(OCc3nc4ccccc4[nH]3)C2)cc1. The second-order valence-electron chi connectivity index (χ2n) is 6.61. The Balaban J connectivity index is 1.33. The van der Waals surface area contributed by atoms with E-state index in [4.69, 9.17) is 9.47 Å². The Labute approximate surface area is 151 Å². The van der Waals surface area contributed by atoms with Gasteiger partial charge in [0.05, 0.1) is 18.1 Å². The van der Waals surface area contributed by atoms with E-state index >= 15 is 0 Å². The number of halogens is 1. The first kappa shape index (κ1) is 17.0. The molecule has 5 nitrogen and oxygen atoms in total. The maximum Gasteiger partial charge on any atom is 0.140 e. The molecular formula is C20H22FN3O2. The molecule has 136 valence electrons. The van der Waals surface area contributed by atoms with Crippen LogP contribution in [-0.4, -0.2) is 47.3 Å². The predicted octanol–water partition coefficient (Wildman–Crippen LogP) is 3.31. The Morgan fingerprint density at radius 2 is 1.96 bits per heavy atom. The molecule has 1 N–H and O–H groups in total. The van der Waals surface area contributed by atoms with Crippen molar-refractivity contribution in [2.24, 2.45) is 0 Å². The minimum atomic E-state index is -0.988. The first-order valence-electron chi connectivity index (χ1n) is 8.76. The summed E-state index contributed by atoms with van der Waals surface area (Å²) in [5, 5.41) is 0. The molecule has 1 fully saturated rings. The average molecular weight is 355 g/mol. The van der Waals surface area contributed by atoms with Gasteiger partial charge < -0.3 is 14.5 Å². The van der Waals surface area contributed by atoms with Crippen LogP contribution in [0.1, 0.15) is 11.4 Å². The Morgan fingerprint density at radius 3 is 2.73 bits per heavy atom. The molecule has 0 aliphatic carbocycles. The van der Waals surface area contributed by atoms with Gasteiger partial charge >= 0.3 is 0 Å². The van der Waals surface area contributed by atoms with Gasteiger partial charge in [0.15, 0.2) is 0 Å². The normalized spacial score (nSPS) is 20.7. The van der Waals surface area contributed by atoms with Crippen molar-refractivity contribution in [2.45, 2.75) is 25.4 Å². The number of aromatic amines is 1. The van der Waals surface area contributed by atoms with Crippen molar-refractivity contribution in [1.82, 2.24) is 14.9 Å². The summed E-state index contributed by atoms with van der Waals surface area (Å²) in [5.41, 5.74) is 3.00. The minimum Gasteiger partial charge on any atom is -0.497 e. The van der Waals surface area contributed by atoms with E-state index in [1.54, 1.807) is 7.11 Å². The van der Waals surface area contributed by atoms with Crippen LogP contribution in [0, 0.1) is 0 Å². The van der Waals surface area contributed by atoms with Crippen LogP contribution < -0.4 is 4.74 Å². The molecule has 0 amide bonds. The van der Waals surface area contributed by atoms with E-state index in [1.807, 2.05) is 48.5 Å². The fraction of sp³-hybridized carbons (Fsp3) is 0.350. The molecule has 4 rings (SSSR count). The molecule has 6 heteroatoms. The molecule has 1 aliphatic rings. The number of alkyl halides is 1. The molecule has 26 heavy (non-hydrogen) atoms. The Bertz CT molecular complexity index is 832. The van der Waals surface area contributed by atoms with Crippen LogP contribution in [0.2, 0.25) is 0 Å². The van der Waals surface area contributed by atoms with Gasteiger partial charge in [0.25, 0.3) is 0 Å². The third-order valence-corrected chi connectivity index (χ3v) is 4.71. The number of methoxy groups -OCH3 is 1. The van der Waals surface area contributed by atoms with Crippen LogP contribution in [-0.2, 0) is 17.9 Å². The smallest absolute Gasteiger partial charge is 0.140 e. The van der Waals surface area contributed by atoms with Gasteiger partial charge in [-0.3, -0.25) is 4.90 Å². The Morgan fingerprint density at radius 1 is 1.15 bits per heavy atom. The van der Waals surface area contributed by atoms with Crippen molar-refractivity contribution in [3.05, 3.63) is 59.9 Å². The highest BCUT2D eigenvalue weighted by Crippen LogP contribution is 2.21. The molecule has 2 heterocycles. The second kappa shape index (κ2) is 7.43. The van der Waals surface area contributed by atoms with Gasteiger partial charge in [0, 0.05) is 19.6 Å². The van der Waals surface area contributed by atoms with Crippen LogP contribution >= 0.6 is 0 Å². The summed E-state index contributed by atoms with van der Waals surface area (Å²) >= 11 is 0. The molecule has 1 aromatic heterocycles. The van der Waals surface area contributed by atoms with Gasteiger partial charge in [-0.1, -0.05) is 24.3 Å². The number of likely N-dealkylation sites (tertiary alicyclic amines) is 1. The van der Waals surface area contributed by atoms with Gasteiger partial charge in [-0.25, -0.2) is 9.37 Å². The standard InChI is InChI=1S/C20H22FN3O2/c1-25-15-8-6-14(7-9-15)10-24-11-16(21)19(12-24)26-13-20-22-17-4-2-3-5-18(17)23-20/h2-9,16,19H,10-13H2,1H3,(H,22,23). The summed E-state index contributed by atoms with van der Waals surface area (Å²) in [5.74, 6) is 1.55. The molecule has 2 aromatic carbocycles. The first-order valence-corrected chi connectivity index (χ1v) is 8.76. The van der Waals surface area contributed by atoms with Crippen molar-refractivity contribution in [3.63, 3.8) is 0 Å². The molecular weight excluding hydrogens is 333 g/mol. The number of ether oxygens (including phenoxy) is 2. The van der Waals surface area contributed by atoms with Gasteiger partial charge in [-0.2, -0.15) is 0 Å². The highest BCUT2D eigenvalue weighted by Gasteiger charge is 2.33. The zero-order valence-electron chi connectivity index (χ0n) is 14.7. The van der Waals surface area contributed by atoms with Crippen molar-refractivity contribution >= 4 is 11.0 Å². The maximum atomic E-state index is 14.3. The fourth-order valence-corrected chi connectivity index (χ4v) is 3.34. The van der Waals surface area contributed by atoms with Crippen molar-refractivity contribution in [1.29, 1.82) is 0 Å². The van der Waals surface area contributed by atoms with Gasteiger partial charge in [-0.15, -0.1) is 0 Å². The summed E-state index contributed by atoms with van der Waals surface area (Å²) in [4.78, 5) is 9.76. The predicted molar refractivity (Wildman–Crippen MR) is 97.8 cm³/mol. The zero-order chi connectivity index (χ0) is 17.9. The van der Waals surface area contributed by atoms with Gasteiger partial charge in [-0.05, 0) is 29.8 Å². The Hall–Kier alpha value is -2.44. The lowest BCUT2D eigenvalue weighted by atomic mass is 10.2. The van der Waals surface area contributed by atoms with E-state index < -0.39 is 12.3 Å². The number of hydrogen-bond donors (Lipinski definition) is 1. The molecule has 0 radical (unpaired) electrons. The Kier molecular flexibility index (Phi) is 4.86. The lowest BCUT2D eigenvalue weighted by Crippen LogP contribution is -2.24. The molecule has 0 saturated carbocycles. The first-order chi connectivity index (χ1) is 12.7. The summed E-state index contributed by atoms with van der Waals surface area (Å²) in [6.07, 6.45) is -1.42. The number of benzene rings is 2. The lowest BCUT2D eigenvalue weighted by Gasteiger charge is -2.15. The number of hydrogen-bond acceptors (Lipinski definition) is 4. The van der Waals surface area contributed by atoms with Gasteiger partial charge in [0.2, 0.25) is 0 Å². The van der Waals surface area contributed by atoms with Crippen LogP contribution in [0.4, 0.5) is 4.39 Å². The van der Waals surface area contributed by atoms with Crippen molar-refractivity contribution < 1.29 is 13.9 Å². The average Bonchev–Trinajstić information content (AvgIpc) is 3.23. The van der Waals surface area contributed by atoms with Crippen LogP contribution in [0.3, 0.4) is 0 Å². The molecule has 0 bridgehead atoms. The summed E-state index contributed by atoms with van der Waals surface area (Å²) in [6.45, 7) is 1.95. The summed E-state index contributed by atoms with van der Waals surface area (Å²) in [7, 11) is 1.65. The number of nitrogens with zero attached hydrogens (tertiary/aromatic N) is 2. The highest BCUT2D eigenvalue weighted by atomic mass is 19.1. The highest BCUT2D eigenvalue weighted by molar-refractivity contribution is 5.74. The quantitative estimate of drug-likeness (QED) is 0.737. The van der Waals surface area contributed by atoms with E-state index in [0.717, 1.165) is 28.2 Å². The number of H-pyrrole nitrogens is 1. The summed E-state index contributed by atoms with van der Waals surface area (Å²) < 4.78 is 25.3. The zero-order valence-corrected chi connectivity index (χ0v) is 14.7. The number of fused-ring (bicyclic) bond motifs is 1. The molecule has 1 aliphatic heterocycles. The molecule has 0 spiro atoms. The molecule has 2 atom stereocenters. The minimum absolute atomic E-state index is 0.288. The summed E-state index contributed by atoms with van der Waals surface area (Å²) in [6, 6.07) is 15.7. The number of imidazole rings is 1. The van der Waals surface area contributed by atoms with Crippen LogP contribution in [0.5, 0.6) is 5.75 Å². The number of rotatable bonds is 6. The van der Waals surface area contributed by atoms with E-state index in [-0.39, 0.29) is 6.61 Å². The van der Waals surface area contributed by atoms with E-state index in [1.165, 1.54) is 0 Å². The number of aromatic nitrogens is 2. The van der Waals surface area contributed by atoms with E-state index in [2.05, 4.69) is 14.9 Å². The lowest BCUT2D eigenvalue weighted by molar-refractivity contribution is 0.00864. The van der Waals surface area contributed by atoms with E-state index in [9.17, 15) is 4.39 Å². The maximum absolute atomic E-state index is 14.3.